The molecule has 9 heteroatoms. The SMILES string of the molecule is CC(C)c1ccc(C(=O)Nc2sccc2C(=O)N2CCC(N(C)S(C)(=O)=O)CC2)cc1. The normalized spacial score (nSPS) is 15.5. The van der Waals surface area contributed by atoms with E-state index >= 15 is 0 Å². The summed E-state index contributed by atoms with van der Waals surface area (Å²) >= 11 is 1.31. The lowest BCUT2D eigenvalue weighted by Crippen LogP contribution is -2.47. The highest BCUT2D eigenvalue weighted by Crippen LogP contribution is 2.27. The molecule has 0 radical (unpaired) electrons. The van der Waals surface area contributed by atoms with Gasteiger partial charge in [-0.05, 0) is 47.9 Å². The van der Waals surface area contributed by atoms with E-state index in [0.717, 1.165) is 5.56 Å². The van der Waals surface area contributed by atoms with Gasteiger partial charge in [-0.3, -0.25) is 9.59 Å². The zero-order valence-electron chi connectivity index (χ0n) is 18.3. The second-order valence-electron chi connectivity index (χ2n) is 8.20. The van der Waals surface area contributed by atoms with E-state index in [1.54, 1.807) is 35.5 Å². The van der Waals surface area contributed by atoms with Crippen LogP contribution in [0.2, 0.25) is 0 Å². The van der Waals surface area contributed by atoms with Crippen LogP contribution in [0.15, 0.2) is 35.7 Å². The monoisotopic (exact) mass is 463 g/mol. The van der Waals surface area contributed by atoms with Gasteiger partial charge in [-0.1, -0.05) is 26.0 Å². The van der Waals surface area contributed by atoms with E-state index in [-0.39, 0.29) is 17.9 Å². The number of hydrogen-bond acceptors (Lipinski definition) is 5. The standard InChI is InChI=1S/C22H29N3O4S2/c1-15(2)16-5-7-17(8-6-16)20(26)23-21-19(11-14-30-21)22(27)25-12-9-18(10-13-25)24(3)31(4,28)29/h5-8,11,14-15,18H,9-10,12-13H2,1-4H3,(H,23,26). The maximum absolute atomic E-state index is 13.0. The summed E-state index contributed by atoms with van der Waals surface area (Å²) in [6.07, 6.45) is 2.37. The number of hydrogen-bond donors (Lipinski definition) is 1. The molecule has 31 heavy (non-hydrogen) atoms. The lowest BCUT2D eigenvalue weighted by atomic mass is 10.0. The van der Waals surface area contributed by atoms with Crippen LogP contribution in [0.25, 0.3) is 0 Å². The van der Waals surface area contributed by atoms with E-state index in [1.165, 1.54) is 21.9 Å². The molecule has 3 rings (SSSR count). The molecular formula is C22H29N3O4S2. The molecule has 2 aromatic rings. The Kier molecular flexibility index (Phi) is 7.18. The van der Waals surface area contributed by atoms with Crippen LogP contribution in [-0.2, 0) is 10.0 Å². The second kappa shape index (κ2) is 9.50. The first-order valence-electron chi connectivity index (χ1n) is 10.3. The number of carbonyl (C=O) groups excluding carboxylic acids is 2. The minimum Gasteiger partial charge on any atom is -0.338 e. The van der Waals surface area contributed by atoms with Crippen LogP contribution in [0.1, 0.15) is 58.9 Å². The molecule has 1 fully saturated rings. The van der Waals surface area contributed by atoms with Crippen LogP contribution in [0.4, 0.5) is 5.00 Å². The average molecular weight is 464 g/mol. The number of rotatable bonds is 6. The number of nitrogens with zero attached hydrogens (tertiary/aromatic N) is 2. The fraction of sp³-hybridized carbons (Fsp3) is 0.455. The summed E-state index contributed by atoms with van der Waals surface area (Å²) in [5.41, 5.74) is 2.17. The highest BCUT2D eigenvalue weighted by atomic mass is 32.2. The Hall–Kier alpha value is -2.23. The first-order valence-corrected chi connectivity index (χ1v) is 13.0. The van der Waals surface area contributed by atoms with Crippen LogP contribution in [0.5, 0.6) is 0 Å². The topological polar surface area (TPSA) is 86.8 Å². The third kappa shape index (κ3) is 5.53. The molecular weight excluding hydrogens is 434 g/mol. The summed E-state index contributed by atoms with van der Waals surface area (Å²) in [5.74, 6) is -0.00699. The van der Waals surface area contributed by atoms with Gasteiger partial charge >= 0.3 is 0 Å². The fourth-order valence-corrected chi connectivity index (χ4v) is 5.17. The van der Waals surface area contributed by atoms with E-state index in [2.05, 4.69) is 19.2 Å². The highest BCUT2D eigenvalue weighted by Gasteiger charge is 2.30. The number of amides is 2. The smallest absolute Gasteiger partial charge is 0.256 e. The van der Waals surface area contributed by atoms with Gasteiger partial charge in [-0.15, -0.1) is 11.3 Å². The number of thiophene rings is 1. The van der Waals surface area contributed by atoms with Crippen molar-refractivity contribution in [1.82, 2.24) is 9.21 Å². The van der Waals surface area contributed by atoms with Crippen LogP contribution in [-0.4, -0.2) is 61.9 Å². The fourth-order valence-electron chi connectivity index (χ4n) is 3.64. The van der Waals surface area contributed by atoms with Gasteiger partial charge in [-0.2, -0.15) is 0 Å². The molecule has 1 aliphatic rings. The quantitative estimate of drug-likeness (QED) is 0.709. The first-order chi connectivity index (χ1) is 14.6. The van der Waals surface area contributed by atoms with Gasteiger partial charge in [-0.25, -0.2) is 12.7 Å². The lowest BCUT2D eigenvalue weighted by molar-refractivity contribution is 0.0688. The Labute approximate surface area is 188 Å². The molecule has 0 saturated carbocycles. The van der Waals surface area contributed by atoms with Crippen LogP contribution in [0.3, 0.4) is 0 Å². The van der Waals surface area contributed by atoms with Crippen LogP contribution < -0.4 is 5.32 Å². The Morgan fingerprint density at radius 2 is 1.74 bits per heavy atom. The van der Waals surface area contributed by atoms with E-state index in [0.29, 0.717) is 48.0 Å². The van der Waals surface area contributed by atoms with Crippen molar-refractivity contribution in [2.45, 2.75) is 38.6 Å². The van der Waals surface area contributed by atoms with Gasteiger partial charge in [0.15, 0.2) is 0 Å². The minimum absolute atomic E-state index is 0.102. The minimum atomic E-state index is -3.25. The van der Waals surface area contributed by atoms with Gasteiger partial charge in [0.25, 0.3) is 11.8 Å². The van der Waals surface area contributed by atoms with Gasteiger partial charge in [0, 0.05) is 31.7 Å². The first kappa shape index (κ1) is 23.4. The molecule has 1 aromatic carbocycles. The summed E-state index contributed by atoms with van der Waals surface area (Å²) in [5, 5.41) is 5.18. The number of likely N-dealkylation sites (tertiary alicyclic amines) is 1. The van der Waals surface area contributed by atoms with E-state index in [4.69, 9.17) is 0 Å². The highest BCUT2D eigenvalue weighted by molar-refractivity contribution is 7.88. The number of anilines is 1. The van der Waals surface area contributed by atoms with E-state index in [9.17, 15) is 18.0 Å². The Morgan fingerprint density at radius 3 is 2.29 bits per heavy atom. The van der Waals surface area contributed by atoms with Crippen LogP contribution >= 0.6 is 11.3 Å². The predicted molar refractivity (Wildman–Crippen MR) is 124 cm³/mol. The molecule has 0 bridgehead atoms. The summed E-state index contributed by atoms with van der Waals surface area (Å²) in [6, 6.07) is 9.09. The zero-order chi connectivity index (χ0) is 22.8. The van der Waals surface area contributed by atoms with Crippen molar-refractivity contribution in [3.05, 3.63) is 52.4 Å². The summed E-state index contributed by atoms with van der Waals surface area (Å²) < 4.78 is 24.9. The number of carbonyl (C=O) groups is 2. The Balaban J connectivity index is 1.65. The summed E-state index contributed by atoms with van der Waals surface area (Å²) in [4.78, 5) is 27.4. The Bertz CT molecular complexity index is 1040. The largest absolute Gasteiger partial charge is 0.338 e. The molecule has 1 aliphatic heterocycles. The lowest BCUT2D eigenvalue weighted by Gasteiger charge is -2.35. The number of piperidine rings is 1. The van der Waals surface area contributed by atoms with Crippen molar-refractivity contribution in [2.24, 2.45) is 0 Å². The van der Waals surface area contributed by atoms with Gasteiger partial charge in [0.2, 0.25) is 10.0 Å². The Morgan fingerprint density at radius 1 is 1.13 bits per heavy atom. The molecule has 2 amide bonds. The van der Waals surface area contributed by atoms with Gasteiger partial charge < -0.3 is 10.2 Å². The predicted octanol–water partition coefficient (Wildman–Crippen LogP) is 3.62. The van der Waals surface area contributed by atoms with Crippen molar-refractivity contribution >= 4 is 38.2 Å². The van der Waals surface area contributed by atoms with Crippen molar-refractivity contribution in [2.75, 3.05) is 31.7 Å². The number of benzene rings is 1. The maximum Gasteiger partial charge on any atom is 0.256 e. The van der Waals surface area contributed by atoms with Gasteiger partial charge in [0.1, 0.15) is 5.00 Å². The molecule has 0 atom stereocenters. The molecule has 0 aliphatic carbocycles. The van der Waals surface area contributed by atoms with E-state index in [1.807, 2.05) is 12.1 Å². The molecule has 1 N–H and O–H groups in total. The third-order valence-corrected chi connectivity index (χ3v) is 7.93. The second-order valence-corrected chi connectivity index (χ2v) is 11.2. The average Bonchev–Trinajstić information content (AvgIpc) is 3.20. The van der Waals surface area contributed by atoms with Crippen molar-refractivity contribution in [1.29, 1.82) is 0 Å². The summed E-state index contributed by atoms with van der Waals surface area (Å²) in [7, 11) is -1.67. The molecule has 7 nitrogen and oxygen atoms in total. The molecule has 0 spiro atoms. The molecule has 1 saturated heterocycles. The molecule has 1 aromatic heterocycles. The third-order valence-electron chi connectivity index (χ3n) is 5.75. The van der Waals surface area contributed by atoms with Crippen molar-refractivity contribution in [3.63, 3.8) is 0 Å². The molecule has 0 unspecified atom stereocenters. The zero-order valence-corrected chi connectivity index (χ0v) is 19.9. The number of nitrogens with one attached hydrogen (secondary N) is 1. The molecule has 2 heterocycles. The number of sulfonamides is 1. The van der Waals surface area contributed by atoms with Gasteiger partial charge in [0.05, 0.1) is 11.8 Å². The maximum atomic E-state index is 13.0. The van der Waals surface area contributed by atoms with Crippen LogP contribution in [0, 0.1) is 0 Å². The van der Waals surface area contributed by atoms with E-state index < -0.39 is 10.0 Å². The molecule has 168 valence electrons. The van der Waals surface area contributed by atoms with Crippen molar-refractivity contribution in [3.8, 4) is 0 Å². The van der Waals surface area contributed by atoms with Crippen molar-refractivity contribution < 1.29 is 18.0 Å². The summed E-state index contributed by atoms with van der Waals surface area (Å²) in [6.45, 7) is 5.15.